The molecule has 0 saturated carbocycles. The highest BCUT2D eigenvalue weighted by Crippen LogP contribution is 2.25. The van der Waals surface area contributed by atoms with Crippen molar-refractivity contribution in [2.24, 2.45) is 0 Å². The minimum Gasteiger partial charge on any atom is -0.497 e. The molecule has 3 heterocycles. The van der Waals surface area contributed by atoms with Crippen molar-refractivity contribution >= 4 is 21.9 Å². The molecule has 0 bridgehead atoms. The number of H-pyrrole nitrogens is 1. The quantitative estimate of drug-likeness (QED) is 0.599. The van der Waals surface area contributed by atoms with Gasteiger partial charge in [0.25, 0.3) is 5.56 Å². The summed E-state index contributed by atoms with van der Waals surface area (Å²) in [5.74, 6) is 1.76. The summed E-state index contributed by atoms with van der Waals surface area (Å²) in [5, 5.41) is 4.75. The number of aromatic amines is 1. The second kappa shape index (κ2) is 6.04. The van der Waals surface area contributed by atoms with Gasteiger partial charge in [-0.25, -0.2) is 4.98 Å². The first-order valence-corrected chi connectivity index (χ1v) is 8.06. The van der Waals surface area contributed by atoms with Crippen LogP contribution in [0.3, 0.4) is 0 Å². The molecule has 128 valence electrons. The average molecular weight is 339 g/mol. The maximum absolute atomic E-state index is 12.8. The molecule has 25 heavy (non-hydrogen) atoms. The molecule has 1 N–H and O–H groups in total. The van der Waals surface area contributed by atoms with Gasteiger partial charge in [0.05, 0.1) is 13.4 Å². The van der Waals surface area contributed by atoms with Crippen molar-refractivity contribution in [3.63, 3.8) is 0 Å². The SMILES string of the molecule is CCCc1noc(Cn2cnc3c([nH]c4ccc(OC)cc43)c2=O)n1. The highest BCUT2D eigenvalue weighted by atomic mass is 16.5. The maximum Gasteiger partial charge on any atom is 0.278 e. The van der Waals surface area contributed by atoms with E-state index >= 15 is 0 Å². The number of hydrogen-bond acceptors (Lipinski definition) is 6. The fraction of sp³-hybridized carbons (Fsp3) is 0.294. The van der Waals surface area contributed by atoms with Gasteiger partial charge in [0, 0.05) is 17.3 Å². The van der Waals surface area contributed by atoms with Crippen molar-refractivity contribution in [1.29, 1.82) is 0 Å². The van der Waals surface area contributed by atoms with Crippen LogP contribution in [0.1, 0.15) is 25.1 Å². The molecule has 0 saturated heterocycles. The third kappa shape index (κ3) is 2.65. The Kier molecular flexibility index (Phi) is 3.72. The first-order chi connectivity index (χ1) is 12.2. The monoisotopic (exact) mass is 339 g/mol. The van der Waals surface area contributed by atoms with Gasteiger partial charge >= 0.3 is 0 Å². The van der Waals surface area contributed by atoms with Crippen LogP contribution in [-0.4, -0.2) is 31.8 Å². The molecule has 0 aliphatic rings. The summed E-state index contributed by atoms with van der Waals surface area (Å²) in [6.07, 6.45) is 3.19. The number of fused-ring (bicyclic) bond motifs is 3. The van der Waals surface area contributed by atoms with Crippen LogP contribution in [-0.2, 0) is 13.0 Å². The number of aryl methyl sites for hydroxylation is 1. The van der Waals surface area contributed by atoms with Crippen LogP contribution in [0.2, 0.25) is 0 Å². The molecule has 0 amide bonds. The lowest BCUT2D eigenvalue weighted by Gasteiger charge is -2.01. The van der Waals surface area contributed by atoms with Crippen molar-refractivity contribution in [3.8, 4) is 5.75 Å². The van der Waals surface area contributed by atoms with E-state index in [1.165, 1.54) is 10.9 Å². The van der Waals surface area contributed by atoms with E-state index < -0.39 is 0 Å². The number of rotatable bonds is 5. The molecule has 0 fully saturated rings. The van der Waals surface area contributed by atoms with E-state index in [4.69, 9.17) is 9.26 Å². The van der Waals surface area contributed by atoms with Crippen molar-refractivity contribution in [2.75, 3.05) is 7.11 Å². The fourth-order valence-electron chi connectivity index (χ4n) is 2.83. The predicted molar refractivity (Wildman–Crippen MR) is 91.8 cm³/mol. The molecule has 1 aromatic carbocycles. The number of aromatic nitrogens is 5. The smallest absolute Gasteiger partial charge is 0.278 e. The van der Waals surface area contributed by atoms with Gasteiger partial charge in [0.15, 0.2) is 5.82 Å². The molecule has 0 aliphatic carbocycles. The highest BCUT2D eigenvalue weighted by Gasteiger charge is 2.14. The summed E-state index contributed by atoms with van der Waals surface area (Å²) in [6.45, 7) is 2.24. The van der Waals surface area contributed by atoms with Gasteiger partial charge in [-0.05, 0) is 24.6 Å². The van der Waals surface area contributed by atoms with Crippen LogP contribution < -0.4 is 10.3 Å². The van der Waals surface area contributed by atoms with Gasteiger partial charge in [0.1, 0.15) is 23.3 Å². The zero-order valence-electron chi connectivity index (χ0n) is 13.9. The van der Waals surface area contributed by atoms with Gasteiger partial charge in [-0.2, -0.15) is 4.98 Å². The first kappa shape index (κ1) is 15.4. The van der Waals surface area contributed by atoms with Crippen molar-refractivity contribution in [3.05, 3.63) is 46.6 Å². The number of hydrogen-bond donors (Lipinski definition) is 1. The van der Waals surface area contributed by atoms with Crippen LogP contribution in [0, 0.1) is 0 Å². The first-order valence-electron chi connectivity index (χ1n) is 8.06. The van der Waals surface area contributed by atoms with Gasteiger partial charge < -0.3 is 14.2 Å². The Morgan fingerprint density at radius 3 is 3.04 bits per heavy atom. The molecular weight excluding hydrogens is 322 g/mol. The van der Waals surface area contributed by atoms with Gasteiger partial charge in [0.2, 0.25) is 5.89 Å². The van der Waals surface area contributed by atoms with Crippen molar-refractivity contribution < 1.29 is 9.26 Å². The minimum absolute atomic E-state index is 0.185. The summed E-state index contributed by atoms with van der Waals surface area (Å²) in [7, 11) is 1.60. The Balaban J connectivity index is 1.76. The molecule has 0 aliphatic heterocycles. The van der Waals surface area contributed by atoms with Gasteiger partial charge in [-0.15, -0.1) is 0 Å². The zero-order valence-corrected chi connectivity index (χ0v) is 13.9. The van der Waals surface area contributed by atoms with Crippen LogP contribution in [0.25, 0.3) is 21.9 Å². The molecule has 0 atom stereocenters. The van der Waals surface area contributed by atoms with E-state index in [-0.39, 0.29) is 12.1 Å². The molecule has 4 aromatic rings. The molecule has 0 spiro atoms. The lowest BCUT2D eigenvalue weighted by molar-refractivity contribution is 0.364. The molecule has 3 aromatic heterocycles. The average Bonchev–Trinajstić information content (AvgIpc) is 3.22. The Labute approximate surface area is 142 Å². The number of methoxy groups -OCH3 is 1. The van der Waals surface area contributed by atoms with Crippen LogP contribution in [0.4, 0.5) is 0 Å². The number of benzene rings is 1. The van der Waals surface area contributed by atoms with Crippen LogP contribution in [0.5, 0.6) is 5.75 Å². The number of nitrogens with zero attached hydrogens (tertiary/aromatic N) is 4. The maximum atomic E-state index is 12.8. The normalized spacial score (nSPS) is 11.4. The van der Waals surface area contributed by atoms with Crippen molar-refractivity contribution in [2.45, 2.75) is 26.3 Å². The summed E-state index contributed by atoms with van der Waals surface area (Å²) >= 11 is 0. The number of ether oxygens (including phenoxy) is 1. The molecule has 8 nitrogen and oxygen atoms in total. The minimum atomic E-state index is -0.185. The third-order valence-corrected chi connectivity index (χ3v) is 4.07. The predicted octanol–water partition coefficient (Wildman–Crippen LogP) is 2.27. The van der Waals surface area contributed by atoms with Crippen molar-refractivity contribution in [1.82, 2.24) is 24.7 Å². The van der Waals surface area contributed by atoms with E-state index in [1.54, 1.807) is 7.11 Å². The summed E-state index contributed by atoms with van der Waals surface area (Å²) in [4.78, 5) is 24.6. The summed E-state index contributed by atoms with van der Waals surface area (Å²) in [5.41, 5.74) is 1.71. The van der Waals surface area contributed by atoms with E-state index in [2.05, 4.69) is 20.1 Å². The van der Waals surface area contributed by atoms with E-state index in [9.17, 15) is 4.79 Å². The Morgan fingerprint density at radius 2 is 2.24 bits per heavy atom. The van der Waals surface area contributed by atoms with Crippen LogP contribution in [0.15, 0.2) is 33.8 Å². The molecule has 4 rings (SSSR count). The number of nitrogens with one attached hydrogen (secondary N) is 1. The molecule has 8 heteroatoms. The van der Waals surface area contributed by atoms with Crippen LogP contribution >= 0.6 is 0 Å². The highest BCUT2D eigenvalue weighted by molar-refractivity contribution is 6.04. The van der Waals surface area contributed by atoms with Gasteiger partial charge in [-0.1, -0.05) is 12.1 Å². The Bertz CT molecular complexity index is 1110. The Morgan fingerprint density at radius 1 is 1.36 bits per heavy atom. The second-order valence-electron chi connectivity index (χ2n) is 5.79. The largest absolute Gasteiger partial charge is 0.497 e. The van der Waals surface area contributed by atoms with E-state index in [1.807, 2.05) is 25.1 Å². The summed E-state index contributed by atoms with van der Waals surface area (Å²) in [6, 6.07) is 5.57. The van der Waals surface area contributed by atoms with E-state index in [0.29, 0.717) is 28.5 Å². The standard InChI is InChI=1S/C17H17N5O3/c1-3-4-13-20-14(25-21-13)8-22-9-18-15-11-7-10(24-2)5-6-12(11)19-16(15)17(22)23/h5-7,9,19H,3-4,8H2,1-2H3. The zero-order chi connectivity index (χ0) is 17.4. The molecule has 0 radical (unpaired) electrons. The fourth-order valence-corrected chi connectivity index (χ4v) is 2.83. The Hall–Kier alpha value is -3.16. The summed E-state index contributed by atoms with van der Waals surface area (Å²) < 4.78 is 11.9. The molecule has 0 unspecified atom stereocenters. The van der Waals surface area contributed by atoms with Gasteiger partial charge in [-0.3, -0.25) is 9.36 Å². The van der Waals surface area contributed by atoms with E-state index in [0.717, 1.165) is 23.7 Å². The second-order valence-corrected chi connectivity index (χ2v) is 5.79. The topological polar surface area (TPSA) is 98.8 Å². The lowest BCUT2D eigenvalue weighted by Crippen LogP contribution is -2.21. The molecular formula is C17H17N5O3. The third-order valence-electron chi connectivity index (χ3n) is 4.07. The lowest BCUT2D eigenvalue weighted by atomic mass is 10.2.